The summed E-state index contributed by atoms with van der Waals surface area (Å²) in [6, 6.07) is 3.81. The summed E-state index contributed by atoms with van der Waals surface area (Å²) in [5.74, 6) is 1.11. The van der Waals surface area contributed by atoms with Crippen molar-refractivity contribution < 1.29 is 13.9 Å². The van der Waals surface area contributed by atoms with E-state index in [0.29, 0.717) is 6.61 Å². The van der Waals surface area contributed by atoms with Crippen molar-refractivity contribution in [2.45, 2.75) is 32.5 Å². The minimum atomic E-state index is -1.24. The molecule has 1 heterocycles. The van der Waals surface area contributed by atoms with Crippen LogP contribution in [0.3, 0.4) is 0 Å². The van der Waals surface area contributed by atoms with E-state index in [0.717, 1.165) is 5.76 Å². The maximum absolute atomic E-state index is 12.0. The molecule has 0 radical (unpaired) electrons. The van der Waals surface area contributed by atoms with Crippen molar-refractivity contribution in [1.29, 1.82) is 0 Å². The number of allylic oxidation sites excluding steroid dienone is 1. The van der Waals surface area contributed by atoms with E-state index in [4.69, 9.17) is 9.15 Å². The zero-order chi connectivity index (χ0) is 14.0. The van der Waals surface area contributed by atoms with Crippen LogP contribution in [0.1, 0.15) is 18.6 Å². The lowest BCUT2D eigenvalue weighted by Crippen LogP contribution is -2.15. The highest BCUT2D eigenvalue weighted by molar-refractivity contribution is 6.80. The fourth-order valence-electron chi connectivity index (χ4n) is 2.36. The van der Waals surface area contributed by atoms with Gasteiger partial charge in [0.1, 0.15) is 5.76 Å². The van der Waals surface area contributed by atoms with Gasteiger partial charge in [0.2, 0.25) is 0 Å². The molecule has 0 aromatic carbocycles. The number of carbonyl (C=O) groups excluding carboxylic acids is 1. The number of rotatable bonds is 5. The van der Waals surface area contributed by atoms with Crippen molar-refractivity contribution in [1.82, 2.24) is 0 Å². The van der Waals surface area contributed by atoms with Crippen molar-refractivity contribution in [2.24, 2.45) is 11.8 Å². The minimum Gasteiger partial charge on any atom is -0.469 e. The van der Waals surface area contributed by atoms with Gasteiger partial charge in [0.25, 0.3) is 0 Å². The van der Waals surface area contributed by atoms with Crippen LogP contribution in [0.4, 0.5) is 0 Å². The molecule has 3 atom stereocenters. The van der Waals surface area contributed by atoms with Crippen LogP contribution in [0.2, 0.25) is 19.6 Å². The average Bonchev–Trinajstić information content (AvgIpc) is 2.77. The molecule has 2 rings (SSSR count). The third kappa shape index (κ3) is 3.38. The Morgan fingerprint density at radius 2 is 2.21 bits per heavy atom. The Morgan fingerprint density at radius 3 is 2.74 bits per heavy atom. The first kappa shape index (κ1) is 14.1. The van der Waals surface area contributed by atoms with Crippen molar-refractivity contribution in [3.63, 3.8) is 0 Å². The second kappa shape index (κ2) is 5.37. The summed E-state index contributed by atoms with van der Waals surface area (Å²) in [6.07, 6.45) is 3.86. The van der Waals surface area contributed by atoms with E-state index in [1.807, 2.05) is 19.1 Å². The normalized spacial score (nSPS) is 26.6. The Bertz CT molecular complexity index is 456. The SMILES string of the molecule is CCOC(=O)[C@H]1[C@H](/C=C/[Si](C)(C)C)[C@@H]1c1ccco1. The van der Waals surface area contributed by atoms with Gasteiger partial charge in [-0.05, 0) is 19.1 Å². The van der Waals surface area contributed by atoms with Crippen molar-refractivity contribution in [3.8, 4) is 0 Å². The molecule has 0 bridgehead atoms. The van der Waals surface area contributed by atoms with Crippen LogP contribution >= 0.6 is 0 Å². The number of esters is 1. The number of furan rings is 1. The van der Waals surface area contributed by atoms with Gasteiger partial charge in [-0.1, -0.05) is 31.4 Å². The van der Waals surface area contributed by atoms with Crippen LogP contribution in [0.25, 0.3) is 0 Å². The molecule has 0 spiro atoms. The van der Waals surface area contributed by atoms with Gasteiger partial charge in [-0.15, -0.1) is 0 Å². The molecule has 0 amide bonds. The Kier molecular flexibility index (Phi) is 3.99. The molecule has 1 aromatic rings. The van der Waals surface area contributed by atoms with Gasteiger partial charge < -0.3 is 9.15 Å². The highest BCUT2D eigenvalue weighted by atomic mass is 28.3. The summed E-state index contributed by atoms with van der Waals surface area (Å²) in [4.78, 5) is 12.0. The molecule has 19 heavy (non-hydrogen) atoms. The highest BCUT2D eigenvalue weighted by Gasteiger charge is 2.56. The Labute approximate surface area is 115 Å². The summed E-state index contributed by atoms with van der Waals surface area (Å²) in [7, 11) is -1.24. The summed E-state index contributed by atoms with van der Waals surface area (Å²) in [5, 5.41) is 0. The second-order valence-electron chi connectivity index (χ2n) is 6.12. The van der Waals surface area contributed by atoms with Gasteiger partial charge in [-0.3, -0.25) is 4.79 Å². The van der Waals surface area contributed by atoms with Crippen LogP contribution in [0, 0.1) is 11.8 Å². The molecule has 0 saturated heterocycles. The standard InChI is InChI=1S/C15H22O3Si/c1-5-17-15(16)14-11(8-10-19(2,3)4)13(14)12-7-6-9-18-12/h6-11,13-14H,5H2,1-4H3/b10-8+/t11-,13-,14+/m1/s1. The highest BCUT2D eigenvalue weighted by Crippen LogP contribution is 2.55. The average molecular weight is 278 g/mol. The smallest absolute Gasteiger partial charge is 0.310 e. The predicted octanol–water partition coefficient (Wildman–Crippen LogP) is 3.61. The molecule has 1 saturated carbocycles. The van der Waals surface area contributed by atoms with Crippen LogP contribution in [-0.2, 0) is 9.53 Å². The van der Waals surface area contributed by atoms with Crippen molar-refractivity contribution in [2.75, 3.05) is 6.61 Å². The third-order valence-electron chi connectivity index (χ3n) is 3.32. The Morgan fingerprint density at radius 1 is 1.47 bits per heavy atom. The van der Waals surface area contributed by atoms with Crippen LogP contribution in [0.15, 0.2) is 34.6 Å². The molecule has 1 aromatic heterocycles. The van der Waals surface area contributed by atoms with Crippen LogP contribution in [-0.4, -0.2) is 20.7 Å². The van der Waals surface area contributed by atoms with E-state index in [-0.39, 0.29) is 23.7 Å². The lowest BCUT2D eigenvalue weighted by atomic mass is 10.2. The first-order valence-electron chi connectivity index (χ1n) is 6.83. The fraction of sp³-hybridized carbons (Fsp3) is 0.533. The van der Waals surface area contributed by atoms with E-state index in [1.54, 1.807) is 6.26 Å². The summed E-state index contributed by atoms with van der Waals surface area (Å²) >= 11 is 0. The zero-order valence-electron chi connectivity index (χ0n) is 12.1. The number of hydrogen-bond acceptors (Lipinski definition) is 3. The minimum absolute atomic E-state index is 0.0706. The quantitative estimate of drug-likeness (QED) is 0.610. The number of carbonyl (C=O) groups is 1. The lowest BCUT2D eigenvalue weighted by molar-refractivity contribution is -0.145. The molecule has 104 valence electrons. The molecule has 4 heteroatoms. The molecule has 0 unspecified atom stereocenters. The second-order valence-corrected chi connectivity index (χ2v) is 11.2. The van der Waals surface area contributed by atoms with Crippen molar-refractivity contribution >= 4 is 14.0 Å². The largest absolute Gasteiger partial charge is 0.469 e. The maximum atomic E-state index is 12.0. The molecule has 0 aliphatic heterocycles. The monoisotopic (exact) mass is 278 g/mol. The van der Waals surface area contributed by atoms with E-state index < -0.39 is 8.07 Å². The fourth-order valence-corrected chi connectivity index (χ4v) is 3.16. The third-order valence-corrected chi connectivity index (χ3v) is 4.52. The van der Waals surface area contributed by atoms with Crippen molar-refractivity contribution in [3.05, 3.63) is 35.9 Å². The molecule has 1 aliphatic rings. The van der Waals surface area contributed by atoms with Gasteiger partial charge in [-0.25, -0.2) is 0 Å². The molecule has 1 aliphatic carbocycles. The van der Waals surface area contributed by atoms with E-state index in [9.17, 15) is 4.79 Å². The van der Waals surface area contributed by atoms with E-state index in [1.165, 1.54) is 0 Å². The molecule has 0 N–H and O–H groups in total. The van der Waals surface area contributed by atoms with Crippen LogP contribution < -0.4 is 0 Å². The zero-order valence-corrected chi connectivity index (χ0v) is 13.1. The summed E-state index contributed by atoms with van der Waals surface area (Å²) in [5.41, 5.74) is 2.30. The topological polar surface area (TPSA) is 39.4 Å². The molecule has 3 nitrogen and oxygen atoms in total. The van der Waals surface area contributed by atoms with Gasteiger partial charge >= 0.3 is 5.97 Å². The van der Waals surface area contributed by atoms with Gasteiger partial charge in [-0.2, -0.15) is 0 Å². The maximum Gasteiger partial charge on any atom is 0.310 e. The Hall–Kier alpha value is -1.29. The summed E-state index contributed by atoms with van der Waals surface area (Å²) < 4.78 is 10.6. The van der Waals surface area contributed by atoms with Gasteiger partial charge in [0.05, 0.1) is 26.9 Å². The lowest BCUT2D eigenvalue weighted by Gasteiger charge is -2.07. The molecule has 1 fully saturated rings. The first-order chi connectivity index (χ1) is 8.94. The Balaban J connectivity index is 2.12. The van der Waals surface area contributed by atoms with E-state index >= 15 is 0 Å². The number of hydrogen-bond donors (Lipinski definition) is 0. The first-order valence-corrected chi connectivity index (χ1v) is 10.4. The molecular weight excluding hydrogens is 256 g/mol. The summed E-state index contributed by atoms with van der Waals surface area (Å²) in [6.45, 7) is 9.13. The van der Waals surface area contributed by atoms with Gasteiger partial charge in [0.15, 0.2) is 0 Å². The number of ether oxygens (including phenoxy) is 1. The van der Waals surface area contributed by atoms with Crippen LogP contribution in [0.5, 0.6) is 0 Å². The van der Waals surface area contributed by atoms with Gasteiger partial charge in [0, 0.05) is 11.8 Å². The van der Waals surface area contributed by atoms with E-state index in [2.05, 4.69) is 31.4 Å². The predicted molar refractivity (Wildman–Crippen MR) is 77.5 cm³/mol. The molecular formula is C15H22O3Si.